The van der Waals surface area contributed by atoms with Gasteiger partial charge in [0.2, 0.25) is 5.89 Å². The lowest BCUT2D eigenvalue weighted by Gasteiger charge is -2.04. The first-order chi connectivity index (χ1) is 10.2. The van der Waals surface area contributed by atoms with Crippen LogP contribution in [0.1, 0.15) is 16.4 Å². The molecule has 1 N–H and O–H groups in total. The number of ether oxygens (including phenoxy) is 2. The summed E-state index contributed by atoms with van der Waals surface area (Å²) in [5, 5.41) is 2.61. The Morgan fingerprint density at radius 1 is 1.38 bits per heavy atom. The van der Waals surface area contributed by atoms with Crippen molar-refractivity contribution in [2.75, 3.05) is 13.7 Å². The first-order valence-corrected chi connectivity index (χ1v) is 6.33. The van der Waals surface area contributed by atoms with E-state index in [0.717, 1.165) is 5.75 Å². The van der Waals surface area contributed by atoms with Crippen LogP contribution in [-0.4, -0.2) is 24.5 Å². The smallest absolute Gasteiger partial charge is 0.273 e. The molecule has 21 heavy (non-hydrogen) atoms. The Morgan fingerprint density at radius 2 is 2.10 bits per heavy atom. The third kappa shape index (κ3) is 4.10. The number of methoxy groups -OCH3 is 1. The number of nitrogens with one attached hydrogen (secondary N) is 1. The van der Waals surface area contributed by atoms with Crippen molar-refractivity contribution in [2.45, 2.75) is 6.61 Å². The number of benzene rings is 1. The van der Waals surface area contributed by atoms with Crippen molar-refractivity contribution in [1.82, 2.24) is 10.3 Å². The standard InChI is InChI=1S/C15H16N2O4/c1-3-8-16-15(18)13-9-21-14(17-13)10-20-12-6-4-11(19-2)5-7-12/h3-7,9H,1,8,10H2,2H3,(H,16,18). The lowest BCUT2D eigenvalue weighted by Crippen LogP contribution is -2.23. The summed E-state index contributed by atoms with van der Waals surface area (Å²) in [6, 6.07) is 7.14. The number of nitrogens with zero attached hydrogens (tertiary/aromatic N) is 1. The molecule has 0 aliphatic rings. The van der Waals surface area contributed by atoms with E-state index in [1.165, 1.54) is 6.26 Å². The van der Waals surface area contributed by atoms with Gasteiger partial charge in [0.05, 0.1) is 7.11 Å². The number of amides is 1. The van der Waals surface area contributed by atoms with E-state index in [-0.39, 0.29) is 18.2 Å². The molecule has 0 radical (unpaired) electrons. The van der Waals surface area contributed by atoms with Crippen molar-refractivity contribution in [3.05, 3.63) is 54.8 Å². The Bertz CT molecular complexity index is 604. The summed E-state index contributed by atoms with van der Waals surface area (Å²) in [6.45, 7) is 4.04. The monoisotopic (exact) mass is 288 g/mol. The number of hydrogen-bond donors (Lipinski definition) is 1. The van der Waals surface area contributed by atoms with Crippen LogP contribution in [-0.2, 0) is 6.61 Å². The zero-order chi connectivity index (χ0) is 15.1. The molecule has 0 aliphatic carbocycles. The molecule has 0 spiro atoms. The summed E-state index contributed by atoms with van der Waals surface area (Å²) in [7, 11) is 1.60. The molecular formula is C15H16N2O4. The van der Waals surface area contributed by atoms with Gasteiger partial charge in [0.1, 0.15) is 17.8 Å². The van der Waals surface area contributed by atoms with Crippen LogP contribution in [0, 0.1) is 0 Å². The van der Waals surface area contributed by atoms with Crippen molar-refractivity contribution >= 4 is 5.91 Å². The summed E-state index contributed by atoms with van der Waals surface area (Å²) in [5.41, 5.74) is 0.213. The van der Waals surface area contributed by atoms with E-state index >= 15 is 0 Å². The van der Waals surface area contributed by atoms with E-state index in [2.05, 4.69) is 16.9 Å². The molecule has 1 aromatic heterocycles. The summed E-state index contributed by atoms with van der Waals surface area (Å²) in [6.07, 6.45) is 2.89. The maximum atomic E-state index is 11.6. The van der Waals surface area contributed by atoms with E-state index in [1.807, 2.05) is 0 Å². The van der Waals surface area contributed by atoms with Gasteiger partial charge in [-0.25, -0.2) is 4.98 Å². The molecule has 2 rings (SSSR count). The SMILES string of the molecule is C=CCNC(=O)c1coc(COc2ccc(OC)cc2)n1. The number of hydrogen-bond acceptors (Lipinski definition) is 5. The van der Waals surface area contributed by atoms with Crippen molar-refractivity contribution in [1.29, 1.82) is 0 Å². The Morgan fingerprint density at radius 3 is 2.76 bits per heavy atom. The Hall–Kier alpha value is -2.76. The molecule has 110 valence electrons. The molecule has 0 bridgehead atoms. The summed E-state index contributed by atoms with van der Waals surface area (Å²) >= 11 is 0. The van der Waals surface area contributed by atoms with Crippen molar-refractivity contribution in [3.63, 3.8) is 0 Å². The van der Waals surface area contributed by atoms with Crippen LogP contribution in [0.3, 0.4) is 0 Å². The van der Waals surface area contributed by atoms with Crippen LogP contribution in [0.25, 0.3) is 0 Å². The van der Waals surface area contributed by atoms with Gasteiger partial charge in [0.25, 0.3) is 5.91 Å². The third-order valence-corrected chi connectivity index (χ3v) is 2.61. The average molecular weight is 288 g/mol. The molecule has 1 amide bonds. The minimum atomic E-state index is -0.311. The van der Waals surface area contributed by atoms with Crippen LogP contribution in [0.2, 0.25) is 0 Å². The highest BCUT2D eigenvalue weighted by Gasteiger charge is 2.11. The molecule has 0 saturated heterocycles. The van der Waals surface area contributed by atoms with Crippen LogP contribution < -0.4 is 14.8 Å². The fourth-order valence-corrected chi connectivity index (χ4v) is 1.55. The van der Waals surface area contributed by atoms with Gasteiger partial charge in [-0.1, -0.05) is 6.08 Å². The molecule has 0 aliphatic heterocycles. The lowest BCUT2D eigenvalue weighted by atomic mass is 10.3. The molecule has 0 atom stereocenters. The van der Waals surface area contributed by atoms with E-state index in [9.17, 15) is 4.79 Å². The first-order valence-electron chi connectivity index (χ1n) is 6.33. The number of rotatable bonds is 7. The molecule has 0 fully saturated rings. The molecule has 0 unspecified atom stereocenters. The molecule has 6 heteroatoms. The maximum Gasteiger partial charge on any atom is 0.273 e. The van der Waals surface area contributed by atoms with E-state index < -0.39 is 0 Å². The van der Waals surface area contributed by atoms with E-state index in [1.54, 1.807) is 37.5 Å². The highest BCUT2D eigenvalue weighted by atomic mass is 16.5. The number of oxazole rings is 1. The van der Waals surface area contributed by atoms with Crippen molar-refractivity contribution in [3.8, 4) is 11.5 Å². The number of carbonyl (C=O) groups is 1. The second-order valence-corrected chi connectivity index (χ2v) is 4.09. The van der Waals surface area contributed by atoms with Gasteiger partial charge in [-0.2, -0.15) is 0 Å². The fraction of sp³-hybridized carbons (Fsp3) is 0.200. The van der Waals surface area contributed by atoms with Crippen LogP contribution in [0.5, 0.6) is 11.5 Å². The zero-order valence-electron chi connectivity index (χ0n) is 11.7. The van der Waals surface area contributed by atoms with Crippen LogP contribution >= 0.6 is 0 Å². The highest BCUT2D eigenvalue weighted by molar-refractivity contribution is 5.91. The summed E-state index contributed by atoms with van der Waals surface area (Å²) in [5.74, 6) is 1.43. The normalized spacial score (nSPS) is 9.95. The van der Waals surface area contributed by atoms with Crippen LogP contribution in [0.15, 0.2) is 47.6 Å². The van der Waals surface area contributed by atoms with Gasteiger partial charge in [-0.05, 0) is 24.3 Å². The maximum absolute atomic E-state index is 11.6. The lowest BCUT2D eigenvalue weighted by molar-refractivity contribution is 0.0953. The number of carbonyl (C=O) groups excluding carboxylic acids is 1. The second-order valence-electron chi connectivity index (χ2n) is 4.09. The minimum Gasteiger partial charge on any atom is -0.497 e. The zero-order valence-corrected chi connectivity index (χ0v) is 11.7. The average Bonchev–Trinajstić information content (AvgIpc) is 3.00. The summed E-state index contributed by atoms with van der Waals surface area (Å²) in [4.78, 5) is 15.7. The van der Waals surface area contributed by atoms with E-state index in [0.29, 0.717) is 18.2 Å². The van der Waals surface area contributed by atoms with Gasteiger partial charge in [0, 0.05) is 6.54 Å². The highest BCUT2D eigenvalue weighted by Crippen LogP contribution is 2.18. The Labute approximate surface area is 122 Å². The molecule has 1 aromatic carbocycles. The fourth-order valence-electron chi connectivity index (χ4n) is 1.55. The molecule has 0 saturated carbocycles. The predicted octanol–water partition coefficient (Wildman–Crippen LogP) is 2.18. The topological polar surface area (TPSA) is 73.6 Å². The quantitative estimate of drug-likeness (QED) is 0.790. The van der Waals surface area contributed by atoms with Gasteiger partial charge in [-0.3, -0.25) is 4.79 Å². The van der Waals surface area contributed by atoms with Gasteiger partial charge < -0.3 is 19.2 Å². The number of aromatic nitrogens is 1. The third-order valence-electron chi connectivity index (χ3n) is 2.61. The molecule has 6 nitrogen and oxygen atoms in total. The molecule has 1 heterocycles. The van der Waals surface area contributed by atoms with Gasteiger partial charge in [-0.15, -0.1) is 6.58 Å². The van der Waals surface area contributed by atoms with E-state index in [4.69, 9.17) is 13.9 Å². The molecule has 2 aromatic rings. The summed E-state index contributed by atoms with van der Waals surface area (Å²) < 4.78 is 15.7. The predicted molar refractivity (Wildman–Crippen MR) is 76.4 cm³/mol. The van der Waals surface area contributed by atoms with Crippen LogP contribution in [0.4, 0.5) is 0 Å². The Balaban J connectivity index is 1.89. The second kappa shape index (κ2) is 7.14. The van der Waals surface area contributed by atoms with Gasteiger partial charge in [0.15, 0.2) is 12.3 Å². The first kappa shape index (κ1) is 14.6. The largest absolute Gasteiger partial charge is 0.497 e. The van der Waals surface area contributed by atoms with Crippen molar-refractivity contribution in [2.24, 2.45) is 0 Å². The molecular weight excluding hydrogens is 272 g/mol. The van der Waals surface area contributed by atoms with Gasteiger partial charge >= 0.3 is 0 Å². The van der Waals surface area contributed by atoms with Crippen molar-refractivity contribution < 1.29 is 18.7 Å². The Kier molecular flexibility index (Phi) is 4.98. The minimum absolute atomic E-state index is 0.140.